The molecule has 120 valence electrons. The zero-order valence-corrected chi connectivity index (χ0v) is 13.3. The third-order valence-electron chi connectivity index (χ3n) is 2.78. The van der Waals surface area contributed by atoms with Crippen molar-refractivity contribution < 1.29 is 27.6 Å². The van der Waals surface area contributed by atoms with E-state index in [9.17, 15) is 18.0 Å². The van der Waals surface area contributed by atoms with Crippen LogP contribution in [0.3, 0.4) is 0 Å². The second-order valence-corrected chi connectivity index (χ2v) is 8.32. The molecule has 0 aromatic heterocycles. The molecule has 0 spiro atoms. The van der Waals surface area contributed by atoms with Crippen molar-refractivity contribution in [3.63, 3.8) is 0 Å². The molecule has 0 bridgehead atoms. The maximum atomic E-state index is 11.7. The van der Waals surface area contributed by atoms with Gasteiger partial charge in [0.2, 0.25) is 0 Å². The van der Waals surface area contributed by atoms with Crippen LogP contribution in [-0.4, -0.2) is 42.8 Å². The molecule has 1 aliphatic carbocycles. The summed E-state index contributed by atoms with van der Waals surface area (Å²) >= 11 is 0. The Balaban J connectivity index is 2.58. The molecule has 2 N–H and O–H groups in total. The van der Waals surface area contributed by atoms with Gasteiger partial charge in [-0.15, -0.1) is 0 Å². The Morgan fingerprint density at radius 2 is 1.81 bits per heavy atom. The van der Waals surface area contributed by atoms with Gasteiger partial charge in [-0.05, 0) is 33.6 Å². The second-order valence-electron chi connectivity index (χ2n) is 5.99. The van der Waals surface area contributed by atoms with E-state index in [1.807, 2.05) is 0 Å². The van der Waals surface area contributed by atoms with Gasteiger partial charge in [-0.3, -0.25) is 4.79 Å². The Morgan fingerprint density at radius 1 is 1.29 bits per heavy atom. The molecule has 1 saturated carbocycles. The first-order chi connectivity index (χ1) is 9.37. The highest BCUT2D eigenvalue weighted by Crippen LogP contribution is 2.44. The summed E-state index contributed by atoms with van der Waals surface area (Å²) in [6.07, 6.45) is 1.02. The average molecular weight is 320 g/mol. The highest BCUT2D eigenvalue weighted by molar-refractivity contribution is 7.93. The molecule has 1 fully saturated rings. The van der Waals surface area contributed by atoms with Crippen molar-refractivity contribution >= 4 is 27.6 Å². The van der Waals surface area contributed by atoms with E-state index in [2.05, 4.69) is 9.99 Å². The summed E-state index contributed by atoms with van der Waals surface area (Å²) in [5.41, 5.74) is 4.77. The molecule has 0 radical (unpaired) electrons. The highest BCUT2D eigenvalue weighted by atomic mass is 32.2. The lowest BCUT2D eigenvalue weighted by Crippen LogP contribution is -2.33. The Morgan fingerprint density at radius 3 is 2.19 bits per heavy atom. The van der Waals surface area contributed by atoms with Gasteiger partial charge >= 0.3 is 11.9 Å². The van der Waals surface area contributed by atoms with E-state index in [1.165, 1.54) is 0 Å². The molecule has 0 aromatic carbocycles. The molecule has 8 nitrogen and oxygen atoms in total. The molecule has 0 heterocycles. The quantitative estimate of drug-likeness (QED) is 0.250. The van der Waals surface area contributed by atoms with Gasteiger partial charge in [0.25, 0.3) is 0 Å². The Labute approximate surface area is 123 Å². The molecule has 0 atom stereocenters. The molecule has 1 aliphatic rings. The van der Waals surface area contributed by atoms with Crippen LogP contribution in [0, 0.1) is 0 Å². The van der Waals surface area contributed by atoms with Crippen molar-refractivity contribution in [1.29, 1.82) is 0 Å². The van der Waals surface area contributed by atoms with E-state index in [0.29, 0.717) is 0 Å². The summed E-state index contributed by atoms with van der Waals surface area (Å²) in [6.45, 7) is 5.09. The number of nitrogens with two attached hydrogens (primary N) is 1. The van der Waals surface area contributed by atoms with E-state index >= 15 is 0 Å². The van der Waals surface area contributed by atoms with Crippen molar-refractivity contribution in [2.75, 3.05) is 6.26 Å². The zero-order chi connectivity index (χ0) is 16.5. The third-order valence-corrected chi connectivity index (χ3v) is 4.77. The molecule has 21 heavy (non-hydrogen) atoms. The molecule has 1 rings (SSSR count). The zero-order valence-electron chi connectivity index (χ0n) is 12.5. The topological polar surface area (TPSA) is 125 Å². The van der Waals surface area contributed by atoms with Crippen molar-refractivity contribution in [3.8, 4) is 0 Å². The van der Waals surface area contributed by atoms with Gasteiger partial charge in [-0.2, -0.15) is 0 Å². The van der Waals surface area contributed by atoms with E-state index in [0.717, 1.165) is 6.26 Å². The van der Waals surface area contributed by atoms with Crippen LogP contribution in [0.1, 0.15) is 40.0 Å². The third kappa shape index (κ3) is 4.69. The van der Waals surface area contributed by atoms with Crippen LogP contribution in [0.2, 0.25) is 0 Å². The van der Waals surface area contributed by atoms with Gasteiger partial charge in [0.05, 0.1) is 0 Å². The standard InChI is InChI=1S/C12H20N2O6S/c1-11(2,3)19-9(15)7-8(13)14-20-10(16)12(5-6-12)21(4,17)18/h5-7H2,1-4H3,(H2,13,14). The molecule has 0 amide bonds. The molecule has 0 saturated heterocycles. The number of carbonyl (C=O) groups is 2. The number of amidine groups is 1. The summed E-state index contributed by atoms with van der Waals surface area (Å²) in [6, 6.07) is 0. The minimum atomic E-state index is -3.56. The maximum Gasteiger partial charge on any atom is 0.356 e. The average Bonchev–Trinajstić information content (AvgIpc) is 3.02. The fraction of sp³-hybridized carbons (Fsp3) is 0.750. The van der Waals surface area contributed by atoms with E-state index in [1.54, 1.807) is 20.8 Å². The van der Waals surface area contributed by atoms with Crippen LogP contribution in [0.25, 0.3) is 0 Å². The fourth-order valence-corrected chi connectivity index (χ4v) is 2.76. The Bertz CT molecular complexity index is 569. The lowest BCUT2D eigenvalue weighted by Gasteiger charge is -2.19. The van der Waals surface area contributed by atoms with E-state index < -0.39 is 32.1 Å². The second kappa shape index (κ2) is 5.63. The van der Waals surface area contributed by atoms with Crippen molar-refractivity contribution in [3.05, 3.63) is 0 Å². The van der Waals surface area contributed by atoms with Gasteiger partial charge in [0, 0.05) is 6.26 Å². The van der Waals surface area contributed by atoms with Gasteiger partial charge in [-0.1, -0.05) is 5.16 Å². The number of nitrogens with zero attached hydrogens (tertiary/aromatic N) is 1. The van der Waals surface area contributed by atoms with Crippen LogP contribution in [0.15, 0.2) is 5.16 Å². The minimum absolute atomic E-state index is 0.201. The molecular formula is C12H20N2O6S. The van der Waals surface area contributed by atoms with Crippen molar-refractivity contribution in [2.45, 2.75) is 50.4 Å². The smallest absolute Gasteiger partial charge is 0.356 e. The van der Waals surface area contributed by atoms with Gasteiger partial charge in [0.1, 0.15) is 12.0 Å². The van der Waals surface area contributed by atoms with Crippen molar-refractivity contribution in [2.24, 2.45) is 10.9 Å². The van der Waals surface area contributed by atoms with Crippen molar-refractivity contribution in [1.82, 2.24) is 0 Å². The highest BCUT2D eigenvalue weighted by Gasteiger charge is 2.60. The summed E-state index contributed by atoms with van der Waals surface area (Å²) in [5.74, 6) is -1.86. The lowest BCUT2D eigenvalue weighted by molar-refractivity contribution is -0.153. The number of carbonyl (C=O) groups excluding carboxylic acids is 2. The molecule has 0 aliphatic heterocycles. The predicted molar refractivity (Wildman–Crippen MR) is 75.0 cm³/mol. The van der Waals surface area contributed by atoms with Crippen LogP contribution in [-0.2, 0) is 29.0 Å². The number of hydrogen-bond donors (Lipinski definition) is 1. The number of sulfone groups is 1. The first kappa shape index (κ1) is 17.4. The maximum absolute atomic E-state index is 11.7. The SMILES string of the molecule is CC(C)(C)OC(=O)C/C(N)=N/OC(=O)C1(S(C)(=O)=O)CC1. The largest absolute Gasteiger partial charge is 0.460 e. The molecule has 0 unspecified atom stereocenters. The number of oxime groups is 1. The lowest BCUT2D eigenvalue weighted by atomic mass is 10.2. The fourth-order valence-electron chi connectivity index (χ4n) is 1.58. The monoisotopic (exact) mass is 320 g/mol. The first-order valence-electron chi connectivity index (χ1n) is 6.33. The van der Waals surface area contributed by atoms with E-state index in [4.69, 9.17) is 10.5 Å². The summed E-state index contributed by atoms with van der Waals surface area (Å²) in [4.78, 5) is 27.7. The molecule has 9 heteroatoms. The summed E-state index contributed by atoms with van der Waals surface area (Å²) < 4.78 is 26.5. The van der Waals surface area contributed by atoms with Gasteiger partial charge < -0.3 is 15.3 Å². The number of rotatable bonds is 5. The number of hydrogen-bond acceptors (Lipinski definition) is 7. The number of ether oxygens (including phenoxy) is 1. The van der Waals surface area contributed by atoms with Gasteiger partial charge in [-0.25, -0.2) is 13.2 Å². The van der Waals surface area contributed by atoms with Crippen LogP contribution in [0.5, 0.6) is 0 Å². The summed E-state index contributed by atoms with van der Waals surface area (Å²) in [5, 5.41) is 3.29. The van der Waals surface area contributed by atoms with Crippen LogP contribution in [0.4, 0.5) is 0 Å². The Kier molecular flexibility index (Phi) is 4.66. The minimum Gasteiger partial charge on any atom is -0.460 e. The number of esters is 1. The Hall–Kier alpha value is -1.64. The van der Waals surface area contributed by atoms with Crippen LogP contribution < -0.4 is 5.73 Å². The first-order valence-corrected chi connectivity index (χ1v) is 8.22. The van der Waals surface area contributed by atoms with E-state index in [-0.39, 0.29) is 25.1 Å². The van der Waals surface area contributed by atoms with Crippen LogP contribution >= 0.6 is 0 Å². The molecule has 0 aromatic rings. The normalized spacial score (nSPS) is 18.0. The molecular weight excluding hydrogens is 300 g/mol. The summed E-state index contributed by atoms with van der Waals surface area (Å²) in [7, 11) is -3.56. The van der Waals surface area contributed by atoms with Gasteiger partial charge in [0.15, 0.2) is 20.4 Å². The predicted octanol–water partition coefficient (Wildman–Crippen LogP) is 0.111.